The van der Waals surface area contributed by atoms with Crippen molar-refractivity contribution in [1.82, 2.24) is 9.97 Å². The second kappa shape index (κ2) is 7.78. The molecule has 0 amide bonds. The average Bonchev–Trinajstić information content (AvgIpc) is 2.48. The largest absolute Gasteiger partial charge is 0.473 e. The van der Waals surface area contributed by atoms with Gasteiger partial charge in [-0.15, -0.1) is 0 Å². The van der Waals surface area contributed by atoms with Crippen LogP contribution in [0.15, 0.2) is 10.7 Å². The molecular formula is C14H22BrN3O2. The maximum atomic E-state index is 6.02. The maximum Gasteiger partial charge on any atom is 0.233 e. The van der Waals surface area contributed by atoms with Gasteiger partial charge in [-0.2, -0.15) is 4.98 Å². The highest BCUT2D eigenvalue weighted by atomic mass is 79.9. The van der Waals surface area contributed by atoms with E-state index in [1.165, 1.54) is 0 Å². The van der Waals surface area contributed by atoms with Gasteiger partial charge in [0.1, 0.15) is 6.10 Å². The zero-order chi connectivity index (χ0) is 14.4. The first-order valence-electron chi connectivity index (χ1n) is 7.18. The minimum absolute atomic E-state index is 0.166. The van der Waals surface area contributed by atoms with Crippen LogP contribution in [-0.4, -0.2) is 35.8 Å². The molecule has 1 aliphatic carbocycles. The average molecular weight is 344 g/mol. The number of anilines is 1. The Labute approximate surface area is 128 Å². The van der Waals surface area contributed by atoms with E-state index in [2.05, 4.69) is 38.1 Å². The summed E-state index contributed by atoms with van der Waals surface area (Å²) in [6.45, 7) is 2.96. The van der Waals surface area contributed by atoms with E-state index in [1.807, 2.05) is 0 Å². The van der Waals surface area contributed by atoms with E-state index in [9.17, 15) is 0 Å². The Morgan fingerprint density at radius 2 is 2.20 bits per heavy atom. The molecule has 6 heteroatoms. The number of methoxy groups -OCH3 is 1. The van der Waals surface area contributed by atoms with Gasteiger partial charge in [-0.1, -0.05) is 6.92 Å². The van der Waals surface area contributed by atoms with Crippen molar-refractivity contribution in [2.45, 2.75) is 51.2 Å². The van der Waals surface area contributed by atoms with Gasteiger partial charge in [-0.3, -0.25) is 0 Å². The number of aromatic nitrogens is 2. The van der Waals surface area contributed by atoms with Crippen molar-refractivity contribution >= 4 is 21.9 Å². The highest BCUT2D eigenvalue weighted by molar-refractivity contribution is 9.10. The summed E-state index contributed by atoms with van der Waals surface area (Å²) in [5.74, 6) is 1.23. The summed E-state index contributed by atoms with van der Waals surface area (Å²) >= 11 is 3.45. The number of hydrogen-bond donors (Lipinski definition) is 1. The summed E-state index contributed by atoms with van der Waals surface area (Å²) in [6.07, 6.45) is 7.45. The van der Waals surface area contributed by atoms with Gasteiger partial charge in [0.15, 0.2) is 0 Å². The zero-order valence-electron chi connectivity index (χ0n) is 12.1. The van der Waals surface area contributed by atoms with Crippen LogP contribution in [0, 0.1) is 0 Å². The van der Waals surface area contributed by atoms with Gasteiger partial charge in [-0.25, -0.2) is 4.98 Å². The van der Waals surface area contributed by atoms with Crippen molar-refractivity contribution in [3.63, 3.8) is 0 Å². The molecule has 1 heterocycles. The lowest BCUT2D eigenvalue weighted by atomic mass is 9.95. The van der Waals surface area contributed by atoms with Gasteiger partial charge < -0.3 is 14.8 Å². The first-order chi connectivity index (χ1) is 9.72. The Kier molecular flexibility index (Phi) is 6.04. The molecule has 2 unspecified atom stereocenters. The third-order valence-corrected chi connectivity index (χ3v) is 3.98. The third-order valence-electron chi connectivity index (χ3n) is 3.43. The first-order valence-corrected chi connectivity index (χ1v) is 7.98. The zero-order valence-corrected chi connectivity index (χ0v) is 13.6. The maximum absolute atomic E-state index is 6.02. The Bertz CT molecular complexity index is 431. The lowest BCUT2D eigenvalue weighted by molar-refractivity contribution is 0.0192. The van der Waals surface area contributed by atoms with E-state index in [0.717, 1.165) is 43.1 Å². The van der Waals surface area contributed by atoms with Gasteiger partial charge in [0, 0.05) is 20.1 Å². The summed E-state index contributed by atoms with van der Waals surface area (Å²) in [4.78, 5) is 8.65. The molecule has 0 radical (unpaired) electrons. The van der Waals surface area contributed by atoms with Crippen LogP contribution in [0.2, 0.25) is 0 Å². The Morgan fingerprint density at radius 3 is 2.95 bits per heavy atom. The Balaban J connectivity index is 2.00. The molecule has 0 aliphatic heterocycles. The molecule has 0 spiro atoms. The summed E-state index contributed by atoms with van der Waals surface area (Å²) in [5.41, 5.74) is 0. The van der Waals surface area contributed by atoms with Crippen LogP contribution >= 0.6 is 15.9 Å². The van der Waals surface area contributed by atoms with E-state index in [-0.39, 0.29) is 6.10 Å². The molecule has 5 nitrogen and oxygen atoms in total. The fraction of sp³-hybridized carbons (Fsp3) is 0.714. The van der Waals surface area contributed by atoms with Crippen molar-refractivity contribution in [3.05, 3.63) is 10.7 Å². The van der Waals surface area contributed by atoms with Crippen LogP contribution in [0.25, 0.3) is 0 Å². The number of hydrogen-bond acceptors (Lipinski definition) is 5. The highest BCUT2D eigenvalue weighted by Crippen LogP contribution is 2.28. The molecule has 1 aromatic heterocycles. The van der Waals surface area contributed by atoms with E-state index >= 15 is 0 Å². The second-order valence-corrected chi connectivity index (χ2v) is 5.89. The second-order valence-electron chi connectivity index (χ2n) is 5.04. The van der Waals surface area contributed by atoms with Crippen molar-refractivity contribution in [1.29, 1.82) is 0 Å². The standard InChI is InChI=1S/C14H22BrN3O2/c1-3-7-16-14-17-9-12(15)13(18-14)20-11-6-4-5-10(8-11)19-2/h9-11H,3-8H2,1-2H3,(H,16,17,18). The van der Waals surface area contributed by atoms with Gasteiger partial charge in [0.2, 0.25) is 11.8 Å². The summed E-state index contributed by atoms with van der Waals surface area (Å²) in [5, 5.41) is 3.17. The number of ether oxygens (including phenoxy) is 2. The van der Waals surface area contributed by atoms with Gasteiger partial charge >= 0.3 is 0 Å². The van der Waals surface area contributed by atoms with E-state index in [4.69, 9.17) is 9.47 Å². The van der Waals surface area contributed by atoms with Gasteiger partial charge in [0.25, 0.3) is 0 Å². The van der Waals surface area contributed by atoms with Crippen LogP contribution in [-0.2, 0) is 4.74 Å². The van der Waals surface area contributed by atoms with Crippen molar-refractivity contribution in [2.75, 3.05) is 19.0 Å². The summed E-state index contributed by atoms with van der Waals surface area (Å²) in [7, 11) is 1.76. The molecule has 20 heavy (non-hydrogen) atoms. The van der Waals surface area contributed by atoms with Crippen molar-refractivity contribution in [2.24, 2.45) is 0 Å². The molecule has 112 valence electrons. The molecule has 1 N–H and O–H groups in total. The number of nitrogens with one attached hydrogen (secondary N) is 1. The minimum atomic E-state index is 0.166. The fourth-order valence-corrected chi connectivity index (χ4v) is 2.62. The molecule has 2 atom stereocenters. The molecule has 1 saturated carbocycles. The summed E-state index contributed by atoms with van der Waals surface area (Å²) < 4.78 is 12.2. The lowest BCUT2D eigenvalue weighted by Gasteiger charge is -2.28. The third kappa shape index (κ3) is 4.31. The van der Waals surface area contributed by atoms with Crippen LogP contribution in [0.4, 0.5) is 5.95 Å². The molecule has 1 aromatic rings. The first kappa shape index (κ1) is 15.5. The van der Waals surface area contributed by atoms with E-state index in [0.29, 0.717) is 17.9 Å². The number of halogens is 1. The predicted octanol–water partition coefficient (Wildman–Crippen LogP) is 3.40. The van der Waals surface area contributed by atoms with Crippen LogP contribution in [0.3, 0.4) is 0 Å². The normalized spacial score (nSPS) is 22.6. The van der Waals surface area contributed by atoms with Crippen molar-refractivity contribution < 1.29 is 9.47 Å². The molecular weight excluding hydrogens is 322 g/mol. The topological polar surface area (TPSA) is 56.3 Å². The van der Waals surface area contributed by atoms with Crippen LogP contribution in [0.5, 0.6) is 5.88 Å². The molecule has 0 saturated heterocycles. The Morgan fingerprint density at radius 1 is 1.40 bits per heavy atom. The minimum Gasteiger partial charge on any atom is -0.473 e. The van der Waals surface area contributed by atoms with Gasteiger partial charge in [0.05, 0.1) is 16.8 Å². The lowest BCUT2D eigenvalue weighted by Crippen LogP contribution is -2.29. The van der Waals surface area contributed by atoms with Gasteiger partial charge in [-0.05, 0) is 41.6 Å². The van der Waals surface area contributed by atoms with Crippen LogP contribution < -0.4 is 10.1 Å². The fourth-order valence-electron chi connectivity index (χ4n) is 2.34. The van der Waals surface area contributed by atoms with Crippen LogP contribution in [0.1, 0.15) is 39.0 Å². The number of rotatable bonds is 6. The monoisotopic (exact) mass is 343 g/mol. The predicted molar refractivity (Wildman–Crippen MR) is 82.2 cm³/mol. The quantitative estimate of drug-likeness (QED) is 0.857. The van der Waals surface area contributed by atoms with E-state index < -0.39 is 0 Å². The molecule has 0 aromatic carbocycles. The molecule has 1 aliphatic rings. The molecule has 0 bridgehead atoms. The van der Waals surface area contributed by atoms with E-state index in [1.54, 1.807) is 13.3 Å². The Hall–Kier alpha value is -0.880. The number of nitrogens with zero attached hydrogens (tertiary/aromatic N) is 2. The SMILES string of the molecule is CCCNc1ncc(Br)c(OC2CCCC(OC)C2)n1. The molecule has 1 fully saturated rings. The van der Waals surface area contributed by atoms with Crippen molar-refractivity contribution in [3.8, 4) is 5.88 Å². The highest BCUT2D eigenvalue weighted by Gasteiger charge is 2.24. The molecule has 2 rings (SSSR count). The smallest absolute Gasteiger partial charge is 0.233 e. The summed E-state index contributed by atoms with van der Waals surface area (Å²) in [6, 6.07) is 0.